The number of nitrogens with two attached hydrogens (primary N) is 1. The number of benzene rings is 2. The summed E-state index contributed by atoms with van der Waals surface area (Å²) in [5.41, 5.74) is 7.10. The lowest BCUT2D eigenvalue weighted by molar-refractivity contribution is 0.0943. The van der Waals surface area contributed by atoms with E-state index >= 15 is 0 Å². The van der Waals surface area contributed by atoms with Crippen molar-refractivity contribution < 1.29 is 14.0 Å². The number of likely N-dealkylation sites (tertiary alicyclic amines) is 1. The van der Waals surface area contributed by atoms with Crippen LogP contribution in [0.5, 0.6) is 0 Å². The van der Waals surface area contributed by atoms with Gasteiger partial charge in [0.15, 0.2) is 5.13 Å². The highest BCUT2D eigenvalue weighted by atomic mass is 32.1. The Morgan fingerprint density at radius 1 is 1.22 bits per heavy atom. The minimum Gasteiger partial charge on any atom is -0.382 e. The topological polar surface area (TPSA) is 100 Å². The second-order valence-electron chi connectivity index (χ2n) is 7.73. The van der Waals surface area contributed by atoms with E-state index in [0.29, 0.717) is 29.0 Å². The maximum atomic E-state index is 13.9. The molecule has 1 atom stereocenters. The number of thiazole rings is 1. The first kappa shape index (κ1) is 21.9. The number of nitrogens with zero attached hydrogens (tertiary/aromatic N) is 2. The van der Waals surface area contributed by atoms with Crippen molar-refractivity contribution in [2.45, 2.75) is 18.9 Å². The molecule has 0 bridgehead atoms. The van der Waals surface area contributed by atoms with Gasteiger partial charge in [0, 0.05) is 23.8 Å². The van der Waals surface area contributed by atoms with Crippen molar-refractivity contribution in [1.29, 1.82) is 0 Å². The first-order chi connectivity index (χ1) is 15.4. The van der Waals surface area contributed by atoms with E-state index in [1.54, 1.807) is 30.3 Å². The number of halogens is 1. The van der Waals surface area contributed by atoms with E-state index < -0.39 is 11.6 Å². The number of hydrogen-bond acceptors (Lipinski definition) is 7. The average Bonchev–Trinajstić information content (AvgIpc) is 3.37. The Kier molecular flexibility index (Phi) is 6.48. The molecular formula is C23H24FN5O2S. The summed E-state index contributed by atoms with van der Waals surface area (Å²) in [6, 6.07) is 13.1. The van der Waals surface area contributed by atoms with Gasteiger partial charge in [-0.05, 0) is 62.8 Å². The zero-order chi connectivity index (χ0) is 22.7. The van der Waals surface area contributed by atoms with Gasteiger partial charge in [-0.2, -0.15) is 0 Å². The highest BCUT2D eigenvalue weighted by Crippen LogP contribution is 2.30. The summed E-state index contributed by atoms with van der Waals surface area (Å²) >= 11 is 1.05. The third-order valence-corrected chi connectivity index (χ3v) is 6.53. The lowest BCUT2D eigenvalue weighted by atomic mass is 10.1. The molecule has 0 aliphatic carbocycles. The first-order valence-electron chi connectivity index (χ1n) is 10.3. The van der Waals surface area contributed by atoms with Crippen LogP contribution in [0.3, 0.4) is 0 Å². The molecule has 166 valence electrons. The molecule has 1 fully saturated rings. The van der Waals surface area contributed by atoms with Crippen molar-refractivity contribution in [1.82, 2.24) is 15.2 Å². The molecule has 32 heavy (non-hydrogen) atoms. The first-order valence-corrected chi connectivity index (χ1v) is 11.1. The number of nitrogen functional groups attached to an aromatic ring is 1. The Morgan fingerprint density at radius 3 is 2.66 bits per heavy atom. The smallest absolute Gasteiger partial charge is 0.251 e. The molecule has 4 rings (SSSR count). The highest BCUT2D eigenvalue weighted by Gasteiger charge is 2.22. The zero-order valence-electron chi connectivity index (χ0n) is 17.6. The van der Waals surface area contributed by atoms with Gasteiger partial charge in [-0.25, -0.2) is 9.37 Å². The molecule has 1 unspecified atom stereocenters. The second-order valence-corrected chi connectivity index (χ2v) is 8.73. The molecule has 1 aliphatic heterocycles. The molecule has 2 heterocycles. The van der Waals surface area contributed by atoms with E-state index in [1.165, 1.54) is 18.2 Å². The van der Waals surface area contributed by atoms with Gasteiger partial charge in [-0.1, -0.05) is 23.5 Å². The van der Waals surface area contributed by atoms with E-state index in [-0.39, 0.29) is 22.2 Å². The minimum absolute atomic E-state index is 0.0404. The fourth-order valence-corrected chi connectivity index (χ4v) is 4.55. The molecule has 9 heteroatoms. The Labute approximate surface area is 189 Å². The van der Waals surface area contributed by atoms with Gasteiger partial charge in [0.1, 0.15) is 16.5 Å². The number of carbonyl (C=O) groups excluding carboxylic acids is 2. The van der Waals surface area contributed by atoms with Crippen LogP contribution in [0, 0.1) is 5.82 Å². The van der Waals surface area contributed by atoms with Crippen LogP contribution in [-0.4, -0.2) is 47.8 Å². The van der Waals surface area contributed by atoms with E-state index in [1.807, 2.05) is 0 Å². The Bertz CT molecular complexity index is 1130. The molecule has 2 aromatic carbocycles. The van der Waals surface area contributed by atoms with Gasteiger partial charge in [0.25, 0.3) is 5.91 Å². The standard InChI is InChI=1S/C23H24FN5O2S/c1-29-12-4-5-16(29)13-26-22(31)14-8-10-15(11-9-14)27-23-28-21(25)20(32-23)19(30)17-6-2-3-7-18(17)24/h2-3,6-11,16H,4-5,12-13,25H2,1H3,(H,26,31)(H,27,28). The number of amides is 1. The van der Waals surface area contributed by atoms with Gasteiger partial charge in [-0.3, -0.25) is 9.59 Å². The molecule has 1 saturated heterocycles. The Morgan fingerprint density at radius 2 is 1.97 bits per heavy atom. The predicted octanol–water partition coefficient (Wildman–Crippen LogP) is 3.66. The monoisotopic (exact) mass is 453 g/mol. The minimum atomic E-state index is -0.603. The summed E-state index contributed by atoms with van der Waals surface area (Å²) in [6.07, 6.45) is 2.25. The zero-order valence-corrected chi connectivity index (χ0v) is 18.4. The second kappa shape index (κ2) is 9.46. The Hall–Kier alpha value is -3.30. The largest absolute Gasteiger partial charge is 0.382 e. The third kappa shape index (κ3) is 4.79. The quantitative estimate of drug-likeness (QED) is 0.472. The van der Waals surface area contributed by atoms with Crippen LogP contribution < -0.4 is 16.4 Å². The van der Waals surface area contributed by atoms with Crippen LogP contribution >= 0.6 is 11.3 Å². The van der Waals surface area contributed by atoms with Gasteiger partial charge in [0.2, 0.25) is 5.78 Å². The van der Waals surface area contributed by atoms with Gasteiger partial charge < -0.3 is 21.3 Å². The number of rotatable bonds is 7. The van der Waals surface area contributed by atoms with Gasteiger partial charge in [0.05, 0.1) is 5.56 Å². The summed E-state index contributed by atoms with van der Waals surface area (Å²) in [5, 5.41) is 6.47. The molecular weight excluding hydrogens is 429 g/mol. The summed E-state index contributed by atoms with van der Waals surface area (Å²) in [7, 11) is 2.07. The number of nitrogens with one attached hydrogen (secondary N) is 2. The molecule has 0 radical (unpaired) electrons. The van der Waals surface area contributed by atoms with E-state index in [9.17, 15) is 14.0 Å². The molecule has 4 N–H and O–H groups in total. The fraction of sp³-hybridized carbons (Fsp3) is 0.261. The molecule has 7 nitrogen and oxygen atoms in total. The maximum Gasteiger partial charge on any atom is 0.251 e. The van der Waals surface area contributed by atoms with E-state index in [0.717, 1.165) is 30.7 Å². The molecule has 1 amide bonds. The summed E-state index contributed by atoms with van der Waals surface area (Å²) < 4.78 is 13.9. The molecule has 3 aromatic rings. The van der Waals surface area contributed by atoms with Gasteiger partial charge >= 0.3 is 0 Å². The number of hydrogen-bond donors (Lipinski definition) is 3. The normalized spacial score (nSPS) is 16.1. The lowest BCUT2D eigenvalue weighted by Crippen LogP contribution is -2.38. The van der Waals surface area contributed by atoms with Crippen molar-refractivity contribution in [2.24, 2.45) is 0 Å². The molecule has 1 aliphatic rings. The number of ketones is 1. The van der Waals surface area contributed by atoms with Crippen LogP contribution in [0.15, 0.2) is 48.5 Å². The molecule has 1 aromatic heterocycles. The number of likely N-dealkylation sites (N-methyl/N-ethyl adjacent to an activating group) is 1. The van der Waals surface area contributed by atoms with E-state index in [2.05, 4.69) is 27.6 Å². The van der Waals surface area contributed by atoms with Crippen LogP contribution in [-0.2, 0) is 0 Å². The fourth-order valence-electron chi connectivity index (χ4n) is 3.69. The summed E-state index contributed by atoms with van der Waals surface area (Å²) in [4.78, 5) is 31.7. The van der Waals surface area contributed by atoms with Crippen molar-refractivity contribution in [3.05, 3.63) is 70.4 Å². The summed E-state index contributed by atoms with van der Waals surface area (Å²) in [6.45, 7) is 1.70. The maximum absolute atomic E-state index is 13.9. The Balaban J connectivity index is 1.39. The van der Waals surface area contributed by atoms with Crippen molar-refractivity contribution in [3.8, 4) is 0 Å². The lowest BCUT2D eigenvalue weighted by Gasteiger charge is -2.19. The number of anilines is 3. The number of aromatic nitrogens is 1. The van der Waals surface area contributed by atoms with Crippen LogP contribution in [0.1, 0.15) is 38.4 Å². The van der Waals surface area contributed by atoms with Crippen LogP contribution in [0.25, 0.3) is 0 Å². The predicted molar refractivity (Wildman–Crippen MR) is 124 cm³/mol. The highest BCUT2D eigenvalue weighted by molar-refractivity contribution is 7.18. The molecule has 0 spiro atoms. The van der Waals surface area contributed by atoms with E-state index in [4.69, 9.17) is 5.73 Å². The SMILES string of the molecule is CN1CCCC1CNC(=O)c1ccc(Nc2nc(N)c(C(=O)c3ccccc3F)s2)cc1. The average molecular weight is 454 g/mol. The van der Waals surface area contributed by atoms with Gasteiger partial charge in [-0.15, -0.1) is 0 Å². The van der Waals surface area contributed by atoms with Crippen LogP contribution in [0.2, 0.25) is 0 Å². The summed E-state index contributed by atoms with van der Waals surface area (Å²) in [5.74, 6) is -1.19. The van der Waals surface area contributed by atoms with Crippen LogP contribution in [0.4, 0.5) is 21.0 Å². The van der Waals surface area contributed by atoms with Crippen molar-refractivity contribution >= 4 is 39.7 Å². The number of carbonyl (C=O) groups is 2. The van der Waals surface area contributed by atoms with Crippen molar-refractivity contribution in [3.63, 3.8) is 0 Å². The molecule has 0 saturated carbocycles. The third-order valence-electron chi connectivity index (χ3n) is 5.55. The van der Waals surface area contributed by atoms with Crippen molar-refractivity contribution in [2.75, 3.05) is 31.2 Å².